The molecule has 2 aromatic rings. The lowest BCUT2D eigenvalue weighted by molar-refractivity contribution is -0.137. The third kappa shape index (κ3) is 5.07. The molecule has 0 bridgehead atoms. The number of nitrogens with zero attached hydrogens (tertiary/aromatic N) is 1. The van der Waals surface area contributed by atoms with Crippen molar-refractivity contribution in [1.82, 2.24) is 10.4 Å². The van der Waals surface area contributed by atoms with E-state index in [4.69, 9.17) is 22.7 Å². The maximum atomic E-state index is 12.7. The number of hydrogen-bond donors (Lipinski definition) is 2. The van der Waals surface area contributed by atoms with Gasteiger partial charge in [0, 0.05) is 7.05 Å². The summed E-state index contributed by atoms with van der Waals surface area (Å²) < 4.78 is 43.7. The molecule has 0 unspecified atom stereocenters. The molecule has 10 heteroatoms. The molecule has 0 aliphatic rings. The first kappa shape index (κ1) is 19.0. The zero-order chi connectivity index (χ0) is 18.6. The highest BCUT2D eigenvalue weighted by Crippen LogP contribution is 2.30. The van der Waals surface area contributed by atoms with E-state index < -0.39 is 17.6 Å². The lowest BCUT2D eigenvalue weighted by Crippen LogP contribution is -2.45. The molecule has 2 rings (SSSR count). The van der Waals surface area contributed by atoms with Crippen molar-refractivity contribution in [3.63, 3.8) is 0 Å². The molecule has 1 aromatic carbocycles. The first-order valence-electron chi connectivity index (χ1n) is 6.89. The van der Waals surface area contributed by atoms with Crippen molar-refractivity contribution in [1.29, 1.82) is 0 Å². The fraction of sp³-hybridized carbons (Fsp3) is 0.200. The molecule has 0 fully saturated rings. The van der Waals surface area contributed by atoms with Crippen molar-refractivity contribution < 1.29 is 22.7 Å². The first-order valence-corrected chi connectivity index (χ1v) is 8.18. The molecule has 3 N–H and O–H groups in total. The van der Waals surface area contributed by atoms with Gasteiger partial charge in [-0.2, -0.15) is 13.2 Å². The van der Waals surface area contributed by atoms with E-state index in [9.17, 15) is 18.0 Å². The average Bonchev–Trinajstić information content (AvgIpc) is 3.01. The standard InChI is InChI=1S/C15H14F3N3O2S2/c1-21(14(19)24)20-13(22)12-11(5-6-25-12)23-8-9-3-2-4-10(7-9)15(16,17)18/h2-7H,8H2,1H3,(H2,19,24)(H,20,22). The summed E-state index contributed by atoms with van der Waals surface area (Å²) >= 11 is 5.85. The van der Waals surface area contributed by atoms with Crippen LogP contribution in [-0.4, -0.2) is 23.1 Å². The number of ether oxygens (including phenoxy) is 1. The van der Waals surface area contributed by atoms with Crippen molar-refractivity contribution in [3.05, 3.63) is 51.7 Å². The number of hydrazine groups is 1. The van der Waals surface area contributed by atoms with Gasteiger partial charge in [-0.05, 0) is 41.4 Å². The van der Waals surface area contributed by atoms with Gasteiger partial charge < -0.3 is 10.5 Å². The van der Waals surface area contributed by atoms with Gasteiger partial charge in [0.15, 0.2) is 5.11 Å². The normalized spacial score (nSPS) is 11.0. The van der Waals surface area contributed by atoms with Crippen molar-refractivity contribution in [2.45, 2.75) is 12.8 Å². The fourth-order valence-corrected chi connectivity index (χ4v) is 2.60. The van der Waals surface area contributed by atoms with Gasteiger partial charge in [0.2, 0.25) is 0 Å². The maximum absolute atomic E-state index is 12.7. The third-order valence-electron chi connectivity index (χ3n) is 3.08. The summed E-state index contributed by atoms with van der Waals surface area (Å²) in [6, 6.07) is 6.38. The molecule has 1 amide bonds. The molecule has 5 nitrogen and oxygen atoms in total. The Morgan fingerprint density at radius 1 is 1.40 bits per heavy atom. The largest absolute Gasteiger partial charge is 0.487 e. The lowest BCUT2D eigenvalue weighted by Gasteiger charge is -2.17. The zero-order valence-corrected chi connectivity index (χ0v) is 14.6. The van der Waals surface area contributed by atoms with Gasteiger partial charge >= 0.3 is 6.18 Å². The summed E-state index contributed by atoms with van der Waals surface area (Å²) in [4.78, 5) is 12.4. The van der Waals surface area contributed by atoms with E-state index in [0.717, 1.165) is 23.5 Å². The van der Waals surface area contributed by atoms with Gasteiger partial charge in [0.05, 0.1) is 5.56 Å². The highest BCUT2D eigenvalue weighted by molar-refractivity contribution is 7.80. The Morgan fingerprint density at radius 3 is 2.76 bits per heavy atom. The van der Waals surface area contributed by atoms with E-state index in [0.29, 0.717) is 5.56 Å². The van der Waals surface area contributed by atoms with E-state index in [-0.39, 0.29) is 22.3 Å². The van der Waals surface area contributed by atoms with Crippen LogP contribution in [0.1, 0.15) is 20.8 Å². The fourth-order valence-electron chi connectivity index (χ4n) is 1.83. The summed E-state index contributed by atoms with van der Waals surface area (Å²) in [6.07, 6.45) is -4.42. The summed E-state index contributed by atoms with van der Waals surface area (Å²) in [5.74, 6) is -0.222. The molecule has 134 valence electrons. The lowest BCUT2D eigenvalue weighted by atomic mass is 10.1. The van der Waals surface area contributed by atoms with Crippen LogP contribution in [0.15, 0.2) is 35.7 Å². The number of thiophene rings is 1. The molecular weight excluding hydrogens is 375 g/mol. The summed E-state index contributed by atoms with van der Waals surface area (Å²) in [5, 5.41) is 2.79. The maximum Gasteiger partial charge on any atom is 0.416 e. The van der Waals surface area contributed by atoms with Crippen LogP contribution in [-0.2, 0) is 12.8 Å². The molecule has 0 aliphatic carbocycles. The molecule has 1 aromatic heterocycles. The summed E-state index contributed by atoms with van der Waals surface area (Å²) in [6.45, 7) is -0.105. The number of nitrogens with two attached hydrogens (primary N) is 1. The van der Waals surface area contributed by atoms with Crippen molar-refractivity contribution in [2.24, 2.45) is 5.73 Å². The van der Waals surface area contributed by atoms with Gasteiger partial charge in [0.1, 0.15) is 17.2 Å². The molecule has 1 heterocycles. The Bertz CT molecular complexity index is 777. The van der Waals surface area contributed by atoms with Crippen molar-refractivity contribution >= 4 is 34.6 Å². The second-order valence-corrected chi connectivity index (χ2v) is 6.27. The van der Waals surface area contributed by atoms with Crippen LogP contribution in [0.25, 0.3) is 0 Å². The Morgan fingerprint density at radius 2 is 2.12 bits per heavy atom. The number of carbonyl (C=O) groups is 1. The highest BCUT2D eigenvalue weighted by Gasteiger charge is 2.30. The summed E-state index contributed by atoms with van der Waals surface area (Å²) in [5.41, 5.74) is 7.43. The second-order valence-electron chi connectivity index (χ2n) is 4.94. The molecule has 25 heavy (non-hydrogen) atoms. The number of rotatable bonds is 4. The number of thiocarbonyl (C=S) groups is 1. The monoisotopic (exact) mass is 389 g/mol. The second kappa shape index (κ2) is 7.70. The van der Waals surface area contributed by atoms with E-state index in [2.05, 4.69) is 5.43 Å². The van der Waals surface area contributed by atoms with E-state index in [1.165, 1.54) is 24.2 Å². The number of benzene rings is 1. The van der Waals surface area contributed by atoms with Gasteiger partial charge in [-0.1, -0.05) is 12.1 Å². The van der Waals surface area contributed by atoms with Gasteiger partial charge in [-0.25, -0.2) is 0 Å². The molecular formula is C15H14F3N3O2S2. The molecule has 0 saturated carbocycles. The van der Waals surface area contributed by atoms with Crippen LogP contribution in [0.4, 0.5) is 13.2 Å². The molecule has 0 atom stereocenters. The number of alkyl halides is 3. The first-order chi connectivity index (χ1) is 11.7. The molecule has 0 spiro atoms. The van der Waals surface area contributed by atoms with Crippen LogP contribution in [0.2, 0.25) is 0 Å². The number of halogens is 3. The Balaban J connectivity index is 2.07. The Kier molecular flexibility index (Phi) is 5.85. The van der Waals surface area contributed by atoms with E-state index in [1.807, 2.05) is 0 Å². The minimum atomic E-state index is -4.42. The van der Waals surface area contributed by atoms with E-state index >= 15 is 0 Å². The zero-order valence-electron chi connectivity index (χ0n) is 13.0. The quantitative estimate of drug-likeness (QED) is 0.621. The van der Waals surface area contributed by atoms with Gasteiger partial charge in [0.25, 0.3) is 5.91 Å². The van der Waals surface area contributed by atoms with Gasteiger partial charge in [-0.3, -0.25) is 15.2 Å². The Hall–Kier alpha value is -2.33. The molecule has 0 aliphatic heterocycles. The number of nitrogens with one attached hydrogen (secondary N) is 1. The number of amides is 1. The van der Waals surface area contributed by atoms with Crippen LogP contribution < -0.4 is 15.9 Å². The molecule has 0 radical (unpaired) electrons. The predicted molar refractivity (Wildman–Crippen MR) is 92.1 cm³/mol. The highest BCUT2D eigenvalue weighted by atomic mass is 32.1. The van der Waals surface area contributed by atoms with Crippen LogP contribution in [0, 0.1) is 0 Å². The topological polar surface area (TPSA) is 67.6 Å². The van der Waals surface area contributed by atoms with E-state index in [1.54, 1.807) is 11.4 Å². The predicted octanol–water partition coefficient (Wildman–Crippen LogP) is 3.17. The minimum Gasteiger partial charge on any atom is -0.487 e. The van der Waals surface area contributed by atoms with Crippen LogP contribution in [0.3, 0.4) is 0 Å². The third-order valence-corrected chi connectivity index (χ3v) is 4.25. The number of carbonyl (C=O) groups excluding carboxylic acids is 1. The van der Waals surface area contributed by atoms with Crippen LogP contribution in [0.5, 0.6) is 5.75 Å². The SMILES string of the molecule is CN(NC(=O)c1sccc1OCc1cccc(C(F)(F)F)c1)C(N)=S. The van der Waals surface area contributed by atoms with Gasteiger partial charge in [-0.15, -0.1) is 11.3 Å². The number of hydrogen-bond acceptors (Lipinski definition) is 4. The van der Waals surface area contributed by atoms with Crippen molar-refractivity contribution in [3.8, 4) is 5.75 Å². The average molecular weight is 389 g/mol. The smallest absolute Gasteiger partial charge is 0.416 e. The molecule has 0 saturated heterocycles. The van der Waals surface area contributed by atoms with Crippen molar-refractivity contribution in [2.75, 3.05) is 7.05 Å². The van der Waals surface area contributed by atoms with Crippen LogP contribution >= 0.6 is 23.6 Å². The Labute approximate surface area is 151 Å². The summed E-state index contributed by atoms with van der Waals surface area (Å²) in [7, 11) is 1.48. The minimum absolute atomic E-state index is 0.0173.